The summed E-state index contributed by atoms with van der Waals surface area (Å²) in [5.74, 6) is 0.980. The molecule has 4 aromatic carbocycles. The van der Waals surface area contributed by atoms with Gasteiger partial charge in [-0.2, -0.15) is 0 Å². The number of hydrogen-bond acceptors (Lipinski definition) is 2. The van der Waals surface area contributed by atoms with Gasteiger partial charge in [-0.3, -0.25) is 0 Å². The Labute approximate surface area is 348 Å². The summed E-state index contributed by atoms with van der Waals surface area (Å²) in [6, 6.07) is 30.5. The van der Waals surface area contributed by atoms with Crippen LogP contribution in [-0.2, 0) is 16.2 Å². The number of fused-ring (bicyclic) bond motifs is 6. The maximum atomic E-state index is 2.67. The van der Waals surface area contributed by atoms with E-state index in [0.29, 0.717) is 11.8 Å². The second kappa shape index (κ2) is 12.7. The maximum Gasteiger partial charge on any atom is 0.0577 e. The van der Waals surface area contributed by atoms with Crippen molar-refractivity contribution < 1.29 is 0 Å². The highest BCUT2D eigenvalue weighted by Crippen LogP contribution is 2.55. The molecule has 10 rings (SSSR count). The molecule has 0 bridgehead atoms. The second-order valence-electron chi connectivity index (χ2n) is 20.5. The Morgan fingerprint density at radius 1 is 0.655 bits per heavy atom. The lowest BCUT2D eigenvalue weighted by atomic mass is 9.76. The Balaban J connectivity index is 0.927. The second-order valence-corrected chi connectivity index (χ2v) is 20.5. The van der Waals surface area contributed by atoms with Crippen LogP contribution in [0.2, 0.25) is 0 Å². The molecule has 0 spiro atoms. The Hall–Kier alpha value is -5.08. The molecule has 58 heavy (non-hydrogen) atoms. The molecule has 0 aromatic heterocycles. The number of hydrogen-bond donors (Lipinski definition) is 0. The molecule has 2 aliphatic heterocycles. The van der Waals surface area contributed by atoms with Crippen molar-refractivity contribution >= 4 is 29.1 Å². The first-order valence-corrected chi connectivity index (χ1v) is 21.9. The lowest BCUT2D eigenvalue weighted by Crippen LogP contribution is -2.45. The van der Waals surface area contributed by atoms with E-state index in [1.54, 1.807) is 0 Å². The first-order chi connectivity index (χ1) is 27.6. The van der Waals surface area contributed by atoms with Crippen molar-refractivity contribution in [1.29, 1.82) is 0 Å². The van der Waals surface area contributed by atoms with Gasteiger partial charge in [0, 0.05) is 46.1 Å². The highest BCUT2D eigenvalue weighted by Gasteiger charge is 2.44. The number of allylic oxidation sites excluding steroid dienone is 8. The zero-order chi connectivity index (χ0) is 40.5. The Bertz CT molecular complexity index is 2610. The van der Waals surface area contributed by atoms with Gasteiger partial charge in [-0.1, -0.05) is 146 Å². The third-order valence-electron chi connectivity index (χ3n) is 15.0. The van der Waals surface area contributed by atoms with E-state index in [1.807, 2.05) is 0 Å². The van der Waals surface area contributed by atoms with Crippen molar-refractivity contribution in [3.63, 3.8) is 0 Å². The van der Waals surface area contributed by atoms with Crippen molar-refractivity contribution in [2.45, 2.75) is 110 Å². The van der Waals surface area contributed by atoms with Crippen molar-refractivity contribution in [2.24, 2.45) is 11.8 Å². The summed E-state index contributed by atoms with van der Waals surface area (Å²) in [4.78, 5) is 5.21. The van der Waals surface area contributed by atoms with E-state index < -0.39 is 0 Å². The molecule has 2 unspecified atom stereocenters. The topological polar surface area (TPSA) is 6.48 Å². The Morgan fingerprint density at radius 2 is 1.31 bits per heavy atom. The lowest BCUT2D eigenvalue weighted by molar-refractivity contribution is 0.240. The molecule has 0 amide bonds. The van der Waals surface area contributed by atoms with Gasteiger partial charge in [0.2, 0.25) is 0 Å². The van der Waals surface area contributed by atoms with E-state index in [2.05, 4.69) is 200 Å². The highest BCUT2D eigenvalue weighted by atomic mass is 15.2. The van der Waals surface area contributed by atoms with Crippen LogP contribution in [0.4, 0.5) is 11.4 Å². The van der Waals surface area contributed by atoms with Crippen molar-refractivity contribution in [2.75, 3.05) is 11.4 Å². The van der Waals surface area contributed by atoms with E-state index in [9.17, 15) is 0 Å². The van der Waals surface area contributed by atoms with E-state index in [-0.39, 0.29) is 21.8 Å². The zero-order valence-corrected chi connectivity index (χ0v) is 36.4. The maximum absolute atomic E-state index is 2.67. The van der Waals surface area contributed by atoms with E-state index in [4.69, 9.17) is 0 Å². The molecule has 2 heterocycles. The summed E-state index contributed by atoms with van der Waals surface area (Å²) in [7, 11) is 0. The standard InChI is InChI=1S/C56H60N2/c1-35-14-13-17-50-40(35)26-27-54(5,6)58(50)52-34-49-44(30-36(52)2)43-24-21-38(32-47(43)56(49,9)10)19-18-37-20-23-41-42-25-22-39(33-48(42)55(7,8)46(41)31-37)57-29-28-53(3,4)45-15-11-12-16-51(45)57/h11-13,15-27,31-36H,14,28-30H2,1-10H3. The predicted molar refractivity (Wildman–Crippen MR) is 247 cm³/mol. The monoisotopic (exact) mass is 760 g/mol. The lowest BCUT2D eigenvalue weighted by Gasteiger charge is -2.48. The van der Waals surface area contributed by atoms with Gasteiger partial charge in [0.25, 0.3) is 0 Å². The molecule has 4 aromatic rings. The van der Waals surface area contributed by atoms with E-state index in [1.165, 1.54) is 89.6 Å². The third kappa shape index (κ3) is 5.50. The number of anilines is 2. The molecule has 294 valence electrons. The average molecular weight is 761 g/mol. The van der Waals surface area contributed by atoms with Gasteiger partial charge in [-0.15, -0.1) is 0 Å². The van der Waals surface area contributed by atoms with Crippen LogP contribution in [0.5, 0.6) is 0 Å². The molecule has 4 aliphatic carbocycles. The normalized spacial score (nSPS) is 24.0. The summed E-state index contributed by atoms with van der Waals surface area (Å²) in [5.41, 5.74) is 22.4. The SMILES string of the molecule is CC1CC2=C(C=C1N1C3=C(C=CC1(C)C)C(C)CC=C3)C(C)(C)c1cc(C=Cc3ccc4c(c3)C(C)(C)c3cc(N5CCC(C)(C)c6ccccc65)ccc3-4)ccc12. The van der Waals surface area contributed by atoms with Crippen LogP contribution in [-0.4, -0.2) is 17.0 Å². The quantitative estimate of drug-likeness (QED) is 0.191. The summed E-state index contributed by atoms with van der Waals surface area (Å²) in [6.07, 6.45) is 20.2. The average Bonchev–Trinajstić information content (AvgIpc) is 3.54. The summed E-state index contributed by atoms with van der Waals surface area (Å²) in [5, 5.41) is 0. The van der Waals surface area contributed by atoms with Crippen LogP contribution < -0.4 is 4.90 Å². The van der Waals surface area contributed by atoms with Crippen LogP contribution in [0.1, 0.15) is 127 Å². The smallest absolute Gasteiger partial charge is 0.0577 e. The number of benzene rings is 4. The zero-order valence-electron chi connectivity index (χ0n) is 36.4. The van der Waals surface area contributed by atoms with Gasteiger partial charge >= 0.3 is 0 Å². The molecule has 2 heteroatoms. The van der Waals surface area contributed by atoms with Gasteiger partial charge in [-0.05, 0) is 142 Å². The number of para-hydroxylation sites is 1. The molecule has 0 saturated heterocycles. The van der Waals surface area contributed by atoms with Crippen LogP contribution in [0.3, 0.4) is 0 Å². The van der Waals surface area contributed by atoms with Gasteiger partial charge in [0.1, 0.15) is 0 Å². The summed E-state index contributed by atoms with van der Waals surface area (Å²) < 4.78 is 0. The van der Waals surface area contributed by atoms with Crippen LogP contribution in [0.25, 0.3) is 28.9 Å². The molecule has 0 fully saturated rings. The number of rotatable bonds is 4. The first kappa shape index (κ1) is 37.2. The molecule has 0 N–H and O–H groups in total. The minimum Gasteiger partial charge on any atom is -0.341 e. The predicted octanol–water partition coefficient (Wildman–Crippen LogP) is 14.5. The van der Waals surface area contributed by atoms with Gasteiger partial charge in [0.15, 0.2) is 0 Å². The van der Waals surface area contributed by atoms with E-state index >= 15 is 0 Å². The highest BCUT2D eigenvalue weighted by molar-refractivity contribution is 5.87. The van der Waals surface area contributed by atoms with Crippen molar-refractivity contribution in [1.82, 2.24) is 4.90 Å². The molecular formula is C56H60N2. The molecule has 0 saturated carbocycles. The fourth-order valence-corrected chi connectivity index (χ4v) is 11.5. The molecule has 6 aliphatic rings. The van der Waals surface area contributed by atoms with Gasteiger partial charge < -0.3 is 9.80 Å². The van der Waals surface area contributed by atoms with Crippen LogP contribution in [0.15, 0.2) is 132 Å². The largest absolute Gasteiger partial charge is 0.341 e. The van der Waals surface area contributed by atoms with E-state index in [0.717, 1.165) is 25.8 Å². The fraction of sp³-hybridized carbons (Fsp3) is 0.357. The summed E-state index contributed by atoms with van der Waals surface area (Å²) >= 11 is 0. The van der Waals surface area contributed by atoms with Crippen molar-refractivity contribution in [3.8, 4) is 11.1 Å². The fourth-order valence-electron chi connectivity index (χ4n) is 11.5. The molecular weight excluding hydrogens is 701 g/mol. The van der Waals surface area contributed by atoms with Crippen LogP contribution >= 0.6 is 0 Å². The number of nitrogens with zero attached hydrogens (tertiary/aromatic N) is 2. The van der Waals surface area contributed by atoms with Crippen LogP contribution in [0, 0.1) is 11.8 Å². The minimum atomic E-state index is -0.0890. The minimum absolute atomic E-state index is 0.0721. The van der Waals surface area contributed by atoms with Crippen molar-refractivity contribution in [3.05, 3.63) is 171 Å². The van der Waals surface area contributed by atoms with Gasteiger partial charge in [0.05, 0.1) is 5.54 Å². The Kier molecular flexibility index (Phi) is 8.15. The molecule has 2 atom stereocenters. The van der Waals surface area contributed by atoms with Gasteiger partial charge in [-0.25, -0.2) is 0 Å². The molecule has 0 radical (unpaired) electrons. The Morgan fingerprint density at radius 3 is 2.05 bits per heavy atom. The third-order valence-corrected chi connectivity index (χ3v) is 15.0. The molecule has 2 nitrogen and oxygen atoms in total. The summed E-state index contributed by atoms with van der Waals surface area (Å²) in [6.45, 7) is 25.1. The first-order valence-electron chi connectivity index (χ1n) is 21.9.